The molecule has 0 saturated carbocycles. The van der Waals surface area contributed by atoms with Crippen molar-refractivity contribution in [1.82, 2.24) is 43.7 Å². The number of amides is 2. The summed E-state index contributed by atoms with van der Waals surface area (Å²) in [6.07, 6.45) is 5.47. The van der Waals surface area contributed by atoms with E-state index in [1.807, 2.05) is 128 Å². The Balaban J connectivity index is 0.000000135. The van der Waals surface area contributed by atoms with Crippen LogP contribution in [0.2, 0.25) is 0 Å². The third kappa shape index (κ3) is 15.6. The maximum atomic E-state index is 13.0. The monoisotopic (exact) mass is 1620 g/mol. The predicted molar refractivity (Wildman–Crippen MR) is 471 cm³/mol. The quantitative estimate of drug-likeness (QED) is 0.0486. The first-order chi connectivity index (χ1) is 57.9. The summed E-state index contributed by atoms with van der Waals surface area (Å²) in [6.45, 7) is 23.3. The number of rotatable bonds is 17. The van der Waals surface area contributed by atoms with E-state index in [0.717, 1.165) is 154 Å². The molecule has 121 heavy (non-hydrogen) atoms. The van der Waals surface area contributed by atoms with Gasteiger partial charge in [0.05, 0.1) is 121 Å². The fourth-order valence-corrected chi connectivity index (χ4v) is 19.0. The molecule has 9 aromatic carbocycles. The van der Waals surface area contributed by atoms with E-state index in [1.54, 1.807) is 43.1 Å². The lowest BCUT2D eigenvalue weighted by molar-refractivity contribution is 0.00578. The van der Waals surface area contributed by atoms with E-state index < -0.39 is 47.3 Å². The van der Waals surface area contributed by atoms with Crippen molar-refractivity contribution in [3.05, 3.63) is 243 Å². The molecule has 14 aromatic rings. The molecule has 6 N–H and O–H groups in total. The highest BCUT2D eigenvalue weighted by Crippen LogP contribution is 2.49. The van der Waals surface area contributed by atoms with E-state index in [4.69, 9.17) is 39.7 Å². The molecule has 4 aliphatic rings. The average Bonchev–Trinajstić information content (AvgIpc) is 1.57. The molecule has 24 heteroatoms. The van der Waals surface area contributed by atoms with Crippen LogP contribution in [0.15, 0.2) is 182 Å². The number of carbonyl (C=O) groups is 3. The van der Waals surface area contributed by atoms with Crippen molar-refractivity contribution in [2.45, 2.75) is 148 Å². The zero-order chi connectivity index (χ0) is 85.3. The molecule has 5 aromatic heterocycles. The van der Waals surface area contributed by atoms with Gasteiger partial charge in [0.15, 0.2) is 0 Å². The number of fused-ring (bicyclic) bond motifs is 9. The molecular weight excluding hydrogens is 1520 g/mol. The molecule has 4 fully saturated rings. The van der Waals surface area contributed by atoms with Crippen LogP contribution in [-0.4, -0.2) is 137 Å². The number of benzene rings is 9. The molecule has 3 unspecified atom stereocenters. The average molecular weight is 1630 g/mol. The SMILES string of the molecule is COC(=O)c1ccc2c3c(C#N)cc(B4OC(C)(C)C(C)(C)O4)cc3n(C(c3ccccc3)C3CCOCC3)c2c1.Cc1nnn(C)c1-c1cc(C(N)=O)c2c3ccc(C(C)(C)O)cc3n(C(c3ccccc3)C3CCOCC3)c2c1.Cc1nnn(C)c1-c1cc(C(N)=O)c2c3ccc(C(C)(C)O)cc3n(C(c3ccccc3)C3CCOCC3)c2c1. The van der Waals surface area contributed by atoms with Gasteiger partial charge in [-0.1, -0.05) is 132 Å². The van der Waals surface area contributed by atoms with Gasteiger partial charge in [0, 0.05) is 108 Å². The van der Waals surface area contributed by atoms with E-state index in [-0.39, 0.29) is 24.0 Å². The van der Waals surface area contributed by atoms with E-state index in [2.05, 4.69) is 144 Å². The molecule has 4 aliphatic heterocycles. The maximum absolute atomic E-state index is 13.0. The Morgan fingerprint density at radius 1 is 0.496 bits per heavy atom. The molecule has 0 spiro atoms. The fraction of sp³-hybridized carbons (Fsp3) is 0.361. The van der Waals surface area contributed by atoms with Crippen LogP contribution in [0.1, 0.15) is 188 Å². The van der Waals surface area contributed by atoms with Crippen LogP contribution >= 0.6 is 0 Å². The minimum absolute atomic E-state index is 0.0242. The highest BCUT2D eigenvalue weighted by atomic mass is 16.7. The first-order valence-corrected chi connectivity index (χ1v) is 41.8. The van der Waals surface area contributed by atoms with Crippen molar-refractivity contribution in [3.63, 3.8) is 0 Å². The summed E-state index contributed by atoms with van der Waals surface area (Å²) in [5.41, 5.74) is 27.3. The molecule has 0 aliphatic carbocycles. The molecular formula is C97H105BN12O11. The number of aliphatic hydroxyl groups is 2. The van der Waals surface area contributed by atoms with E-state index >= 15 is 0 Å². The summed E-state index contributed by atoms with van der Waals surface area (Å²) < 4.78 is 45.7. The highest BCUT2D eigenvalue weighted by molar-refractivity contribution is 6.62. The summed E-state index contributed by atoms with van der Waals surface area (Å²) in [6, 6.07) is 63.4. The number of primary amides is 2. The molecule has 622 valence electrons. The van der Waals surface area contributed by atoms with Gasteiger partial charge in [0.2, 0.25) is 11.8 Å². The van der Waals surface area contributed by atoms with Gasteiger partial charge in [-0.15, -0.1) is 10.2 Å². The first kappa shape index (κ1) is 83.0. The third-order valence-electron chi connectivity index (χ3n) is 25.7. The van der Waals surface area contributed by atoms with Crippen LogP contribution in [0.4, 0.5) is 0 Å². The summed E-state index contributed by atoms with van der Waals surface area (Å²) in [7, 11) is 4.47. The van der Waals surface area contributed by atoms with Gasteiger partial charge in [0.25, 0.3) is 0 Å². The van der Waals surface area contributed by atoms with Gasteiger partial charge >= 0.3 is 13.1 Å². The standard InChI is InChI=1S/C33H35BN2O5.2C32H35N5O3/c1-32(2)33(3,4)41-34(40-32)25-17-24(20-35)29-26-12-11-23(31(37)38-5)18-27(26)36(28(29)19-25)30(21-9-7-6-8-10-21)22-13-15-39-16-14-22;2*1-19-29(36(4)35-34-19)22-16-25(31(33)38)28-24-11-10-23(32(2,3)39)18-26(24)37(27(28)17-22)30(20-8-6-5-7-9-20)21-12-14-40-15-13-21/h6-12,17-19,22,30H,13-16H2,1-5H3;2*5-11,16-18,21,30,39H,12-15H2,1-4H3,(H2,33,38). The van der Waals surface area contributed by atoms with Gasteiger partial charge in [-0.25, -0.2) is 14.2 Å². The molecule has 0 radical (unpaired) electrons. The first-order valence-electron chi connectivity index (χ1n) is 41.8. The number of aromatic nitrogens is 9. The Bertz CT molecular complexity index is 6010. The van der Waals surface area contributed by atoms with Crippen molar-refractivity contribution in [2.24, 2.45) is 43.3 Å². The lowest BCUT2D eigenvalue weighted by atomic mass is 9.77. The third-order valence-corrected chi connectivity index (χ3v) is 25.7. The van der Waals surface area contributed by atoms with Gasteiger partial charge in [0.1, 0.15) is 0 Å². The molecule has 4 saturated heterocycles. The number of methoxy groups -OCH3 is 1. The summed E-state index contributed by atoms with van der Waals surface area (Å²) in [5, 5.41) is 54.6. The van der Waals surface area contributed by atoms with Crippen molar-refractivity contribution in [1.29, 1.82) is 5.26 Å². The lowest BCUT2D eigenvalue weighted by Gasteiger charge is -2.33. The molecule has 3 atom stereocenters. The van der Waals surface area contributed by atoms with E-state index in [9.17, 15) is 29.9 Å². The number of nitriles is 1. The molecule has 18 rings (SSSR count). The van der Waals surface area contributed by atoms with Crippen molar-refractivity contribution < 1.29 is 52.9 Å². The normalized spacial score (nSPS) is 16.9. The number of ether oxygens (including phenoxy) is 4. The second-order valence-electron chi connectivity index (χ2n) is 34.9. The van der Waals surface area contributed by atoms with Crippen molar-refractivity contribution >= 4 is 95.8 Å². The summed E-state index contributed by atoms with van der Waals surface area (Å²) >= 11 is 0. The Morgan fingerprint density at radius 2 is 0.851 bits per heavy atom. The van der Waals surface area contributed by atoms with Gasteiger partial charge in [-0.05, 0) is 219 Å². The second-order valence-corrected chi connectivity index (χ2v) is 34.9. The minimum Gasteiger partial charge on any atom is -0.465 e. The van der Waals surface area contributed by atoms with Gasteiger partial charge < -0.3 is 63.6 Å². The number of carbonyl (C=O) groups excluding carboxylic acids is 3. The highest BCUT2D eigenvalue weighted by Gasteiger charge is 2.52. The van der Waals surface area contributed by atoms with E-state index in [0.29, 0.717) is 73.7 Å². The smallest absolute Gasteiger partial charge is 0.465 e. The summed E-state index contributed by atoms with van der Waals surface area (Å²) in [4.78, 5) is 38.8. The molecule has 23 nitrogen and oxygen atoms in total. The number of aryl methyl sites for hydroxylation is 4. The maximum Gasteiger partial charge on any atom is 0.494 e. The zero-order valence-corrected chi connectivity index (χ0v) is 71.0. The number of hydrogen-bond donors (Lipinski definition) is 4. The Labute approximate surface area is 704 Å². The minimum atomic E-state index is -1.04. The lowest BCUT2D eigenvalue weighted by Crippen LogP contribution is -2.41. The van der Waals surface area contributed by atoms with Gasteiger partial charge in [-0.3, -0.25) is 9.59 Å². The number of nitrogens with two attached hydrogens (primary N) is 2. The Hall–Kier alpha value is -11.7. The van der Waals surface area contributed by atoms with Crippen LogP contribution < -0.4 is 16.9 Å². The van der Waals surface area contributed by atoms with Crippen LogP contribution in [-0.2, 0) is 53.6 Å². The van der Waals surface area contributed by atoms with Gasteiger partial charge in [-0.2, -0.15) is 5.26 Å². The number of esters is 1. The molecule has 9 heterocycles. The molecule has 2 amide bonds. The topological polar surface area (TPSA) is 299 Å². The second kappa shape index (κ2) is 33.1. The number of nitrogens with zero attached hydrogens (tertiary/aromatic N) is 10. The van der Waals surface area contributed by atoms with E-state index in [1.165, 1.54) is 23.8 Å². The summed E-state index contributed by atoms with van der Waals surface area (Å²) in [5.74, 6) is -0.481. The predicted octanol–water partition coefficient (Wildman–Crippen LogP) is 16.2. The number of hydrogen-bond acceptors (Lipinski definition) is 16. The van der Waals surface area contributed by atoms with Crippen LogP contribution in [0.25, 0.3) is 87.9 Å². The van der Waals surface area contributed by atoms with Crippen molar-refractivity contribution in [2.75, 3.05) is 46.8 Å². The van der Waals surface area contributed by atoms with Crippen LogP contribution in [0.5, 0.6) is 0 Å². The van der Waals surface area contributed by atoms with Crippen LogP contribution in [0.3, 0.4) is 0 Å². The molecule has 0 bridgehead atoms. The Morgan fingerprint density at radius 3 is 1.19 bits per heavy atom. The van der Waals surface area contributed by atoms with Crippen LogP contribution in [0, 0.1) is 42.9 Å². The Kier molecular flexibility index (Phi) is 22.7. The van der Waals surface area contributed by atoms with Crippen molar-refractivity contribution in [3.8, 4) is 28.6 Å². The zero-order valence-electron chi connectivity index (χ0n) is 71.0. The fourth-order valence-electron chi connectivity index (χ4n) is 19.0. The largest absolute Gasteiger partial charge is 0.494 e.